The number of tetrazole rings is 1. The van der Waals surface area contributed by atoms with Gasteiger partial charge in [0.05, 0.1) is 11.8 Å². The molecule has 0 aliphatic heterocycles. The molecular weight excluding hydrogens is 523 g/mol. The van der Waals surface area contributed by atoms with Crippen molar-refractivity contribution in [2.24, 2.45) is 0 Å². The SMILES string of the molecule is O=C(NC1CCCCC1)[C@@H](c1ccco1)N(Cc1ccccc1Cl)C(=O)Cn1nnc(-c2ccccc2F)n1. The smallest absolute Gasteiger partial charge is 0.250 e. The average Bonchev–Trinajstić information content (AvgIpc) is 3.63. The van der Waals surface area contributed by atoms with Gasteiger partial charge in [-0.05, 0) is 54.0 Å². The third-order valence-corrected chi connectivity index (χ3v) is 7.16. The van der Waals surface area contributed by atoms with Gasteiger partial charge in [-0.1, -0.05) is 61.2 Å². The second-order valence-electron chi connectivity index (χ2n) is 9.50. The number of hydrogen-bond donors (Lipinski definition) is 1. The maximum absolute atomic E-state index is 14.2. The molecule has 11 heteroatoms. The van der Waals surface area contributed by atoms with Crippen molar-refractivity contribution in [3.05, 3.63) is 89.1 Å². The summed E-state index contributed by atoms with van der Waals surface area (Å²) in [5.74, 6) is -0.928. The summed E-state index contributed by atoms with van der Waals surface area (Å²) in [5, 5.41) is 15.7. The van der Waals surface area contributed by atoms with Crippen LogP contribution in [-0.2, 0) is 22.7 Å². The number of amides is 2. The van der Waals surface area contributed by atoms with E-state index in [0.29, 0.717) is 16.3 Å². The van der Waals surface area contributed by atoms with Crippen molar-refractivity contribution in [2.45, 2.75) is 57.3 Å². The highest BCUT2D eigenvalue weighted by Gasteiger charge is 2.35. The molecule has 4 aromatic rings. The largest absolute Gasteiger partial charge is 0.467 e. The maximum Gasteiger partial charge on any atom is 0.250 e. The number of carbonyl (C=O) groups is 2. The Kier molecular flexibility index (Phi) is 8.31. The molecule has 1 aliphatic carbocycles. The van der Waals surface area contributed by atoms with Crippen LogP contribution in [0.15, 0.2) is 71.3 Å². The van der Waals surface area contributed by atoms with Crippen molar-refractivity contribution in [3.63, 3.8) is 0 Å². The topological polar surface area (TPSA) is 106 Å². The second kappa shape index (κ2) is 12.2. The van der Waals surface area contributed by atoms with E-state index in [2.05, 4.69) is 20.7 Å². The molecule has 1 N–H and O–H groups in total. The van der Waals surface area contributed by atoms with Crippen molar-refractivity contribution in [3.8, 4) is 11.4 Å². The normalized spacial score (nSPS) is 14.6. The molecule has 0 saturated heterocycles. The molecule has 2 amide bonds. The van der Waals surface area contributed by atoms with Crippen LogP contribution in [0, 0.1) is 5.82 Å². The van der Waals surface area contributed by atoms with Crippen LogP contribution in [-0.4, -0.2) is 43.0 Å². The maximum atomic E-state index is 14.2. The minimum atomic E-state index is -1.06. The Bertz CT molecular complexity index is 1420. The van der Waals surface area contributed by atoms with Gasteiger partial charge in [-0.15, -0.1) is 10.2 Å². The molecule has 39 heavy (non-hydrogen) atoms. The Morgan fingerprint density at radius 1 is 1.08 bits per heavy atom. The molecule has 0 bridgehead atoms. The number of halogens is 2. The highest BCUT2D eigenvalue weighted by Crippen LogP contribution is 2.28. The van der Waals surface area contributed by atoms with Gasteiger partial charge < -0.3 is 14.6 Å². The van der Waals surface area contributed by atoms with Gasteiger partial charge in [0.2, 0.25) is 11.7 Å². The zero-order valence-corrected chi connectivity index (χ0v) is 21.9. The summed E-state index contributed by atoms with van der Waals surface area (Å²) in [4.78, 5) is 30.0. The molecule has 202 valence electrons. The van der Waals surface area contributed by atoms with Crippen molar-refractivity contribution in [2.75, 3.05) is 0 Å². The van der Waals surface area contributed by atoms with Gasteiger partial charge in [-0.2, -0.15) is 4.80 Å². The van der Waals surface area contributed by atoms with Crippen LogP contribution in [0.4, 0.5) is 4.39 Å². The van der Waals surface area contributed by atoms with Crippen LogP contribution < -0.4 is 5.32 Å². The Labute approximate surface area is 229 Å². The number of benzene rings is 2. The quantitative estimate of drug-likeness (QED) is 0.316. The number of aromatic nitrogens is 4. The predicted octanol–water partition coefficient (Wildman–Crippen LogP) is 4.94. The molecule has 1 aliphatic rings. The van der Waals surface area contributed by atoms with E-state index in [1.54, 1.807) is 42.5 Å². The van der Waals surface area contributed by atoms with Gasteiger partial charge in [0.1, 0.15) is 18.1 Å². The van der Waals surface area contributed by atoms with E-state index in [1.807, 2.05) is 6.07 Å². The van der Waals surface area contributed by atoms with Gasteiger partial charge >= 0.3 is 0 Å². The van der Waals surface area contributed by atoms with Crippen LogP contribution in [0.3, 0.4) is 0 Å². The monoisotopic (exact) mass is 550 g/mol. The van der Waals surface area contributed by atoms with Crippen molar-refractivity contribution in [1.29, 1.82) is 0 Å². The molecule has 0 radical (unpaired) electrons. The Balaban J connectivity index is 1.45. The molecule has 1 fully saturated rings. The highest BCUT2D eigenvalue weighted by atomic mass is 35.5. The van der Waals surface area contributed by atoms with E-state index in [0.717, 1.165) is 36.9 Å². The summed E-state index contributed by atoms with van der Waals surface area (Å²) >= 11 is 6.45. The number of nitrogens with zero attached hydrogens (tertiary/aromatic N) is 5. The van der Waals surface area contributed by atoms with Crippen molar-refractivity contribution < 1.29 is 18.4 Å². The number of furan rings is 1. The van der Waals surface area contributed by atoms with Gasteiger partial charge in [-0.25, -0.2) is 4.39 Å². The standard InChI is InChI=1S/C28H28ClFN6O3/c29-22-13-6-4-9-19(22)17-35(25(37)18-36-33-27(32-34-36)21-12-5-7-14-23(21)30)26(24-15-8-16-39-24)28(38)31-20-10-2-1-3-11-20/h4-9,12-16,20,26H,1-3,10-11,17-18H2,(H,31,38)/t26-/m1/s1. The lowest BCUT2D eigenvalue weighted by Crippen LogP contribution is -2.47. The average molecular weight is 551 g/mol. The summed E-state index contributed by atoms with van der Waals surface area (Å²) in [6.45, 7) is -0.295. The minimum Gasteiger partial charge on any atom is -0.467 e. The van der Waals surface area contributed by atoms with Crippen LogP contribution in [0.2, 0.25) is 5.02 Å². The zero-order chi connectivity index (χ0) is 27.2. The summed E-state index contributed by atoms with van der Waals surface area (Å²) in [5.41, 5.74) is 0.831. The molecule has 1 saturated carbocycles. The second-order valence-corrected chi connectivity index (χ2v) is 9.91. The van der Waals surface area contributed by atoms with E-state index < -0.39 is 17.8 Å². The molecule has 2 heterocycles. The minimum absolute atomic E-state index is 0.0290. The van der Waals surface area contributed by atoms with Gasteiger partial charge in [-0.3, -0.25) is 9.59 Å². The van der Waals surface area contributed by atoms with E-state index in [4.69, 9.17) is 16.0 Å². The lowest BCUT2D eigenvalue weighted by Gasteiger charge is -2.32. The fourth-order valence-electron chi connectivity index (χ4n) is 4.80. The number of hydrogen-bond acceptors (Lipinski definition) is 6. The number of rotatable bonds is 9. The number of carbonyl (C=O) groups excluding carboxylic acids is 2. The van der Waals surface area contributed by atoms with Gasteiger partial charge in [0.15, 0.2) is 6.04 Å². The van der Waals surface area contributed by atoms with Crippen molar-refractivity contribution in [1.82, 2.24) is 30.4 Å². The first kappa shape index (κ1) is 26.6. The fourth-order valence-corrected chi connectivity index (χ4v) is 5.00. The summed E-state index contributed by atoms with van der Waals surface area (Å²) in [6, 6.07) is 15.5. The molecule has 0 spiro atoms. The third kappa shape index (κ3) is 6.34. The van der Waals surface area contributed by atoms with Crippen molar-refractivity contribution >= 4 is 23.4 Å². The Morgan fingerprint density at radius 2 is 1.85 bits per heavy atom. The Morgan fingerprint density at radius 3 is 2.59 bits per heavy atom. The van der Waals surface area contributed by atoms with E-state index in [9.17, 15) is 14.0 Å². The summed E-state index contributed by atoms with van der Waals surface area (Å²) < 4.78 is 19.9. The van der Waals surface area contributed by atoms with E-state index in [1.165, 1.54) is 23.3 Å². The summed E-state index contributed by atoms with van der Waals surface area (Å²) in [7, 11) is 0. The van der Waals surface area contributed by atoms with E-state index in [-0.39, 0.29) is 36.4 Å². The Hall–Kier alpha value is -4.05. The van der Waals surface area contributed by atoms with Crippen LogP contribution >= 0.6 is 11.6 Å². The van der Waals surface area contributed by atoms with Crippen LogP contribution in [0.5, 0.6) is 0 Å². The molecule has 1 atom stereocenters. The third-order valence-electron chi connectivity index (χ3n) is 6.79. The van der Waals surface area contributed by atoms with Crippen LogP contribution in [0.1, 0.15) is 49.5 Å². The fraction of sp³-hybridized carbons (Fsp3) is 0.321. The predicted molar refractivity (Wildman–Crippen MR) is 142 cm³/mol. The molecular formula is C28H28ClFN6O3. The number of nitrogens with one attached hydrogen (secondary N) is 1. The van der Waals surface area contributed by atoms with Gasteiger partial charge in [0, 0.05) is 17.6 Å². The molecule has 2 aromatic heterocycles. The molecule has 0 unspecified atom stereocenters. The molecule has 9 nitrogen and oxygen atoms in total. The van der Waals surface area contributed by atoms with Gasteiger partial charge in [0.25, 0.3) is 5.91 Å². The summed E-state index contributed by atoms with van der Waals surface area (Å²) in [6.07, 6.45) is 6.47. The lowest BCUT2D eigenvalue weighted by molar-refractivity contribution is -0.143. The zero-order valence-electron chi connectivity index (χ0n) is 21.2. The highest BCUT2D eigenvalue weighted by molar-refractivity contribution is 6.31. The lowest BCUT2D eigenvalue weighted by atomic mass is 9.95. The van der Waals surface area contributed by atoms with E-state index >= 15 is 0 Å². The first-order valence-corrected chi connectivity index (χ1v) is 13.3. The molecule has 2 aromatic carbocycles. The first-order valence-electron chi connectivity index (χ1n) is 12.9. The molecule has 5 rings (SSSR count). The first-order chi connectivity index (χ1) is 19.0. The van der Waals surface area contributed by atoms with Crippen LogP contribution in [0.25, 0.3) is 11.4 Å².